The molecule has 1 aliphatic heterocycles. The van der Waals surface area contributed by atoms with E-state index in [-0.39, 0.29) is 50.5 Å². The van der Waals surface area contributed by atoms with E-state index in [9.17, 15) is 32.7 Å². The molecular formula is C29H26F5N5O3S. The number of piperidine rings is 1. The molecule has 8 nitrogen and oxygen atoms in total. The number of anilines is 2. The Labute approximate surface area is 246 Å². The first kappa shape index (κ1) is 30.4. The summed E-state index contributed by atoms with van der Waals surface area (Å²) in [7, 11) is 0. The number of amides is 1. The second kappa shape index (κ2) is 10.6. The summed E-state index contributed by atoms with van der Waals surface area (Å²) in [6.45, 7) is 6.63. The molecule has 2 aromatic heterocycles. The van der Waals surface area contributed by atoms with Crippen molar-refractivity contribution in [3.05, 3.63) is 47.3 Å². The van der Waals surface area contributed by atoms with Crippen molar-refractivity contribution in [1.29, 1.82) is 5.26 Å². The van der Waals surface area contributed by atoms with E-state index in [1.54, 1.807) is 27.7 Å². The highest BCUT2D eigenvalue weighted by Crippen LogP contribution is 2.48. The fourth-order valence-corrected chi connectivity index (χ4v) is 6.33. The number of rotatable bonds is 3. The van der Waals surface area contributed by atoms with Crippen molar-refractivity contribution in [3.8, 4) is 17.2 Å². The molecule has 0 spiro atoms. The molecule has 0 bridgehead atoms. The monoisotopic (exact) mass is 619 g/mol. The second-order valence-corrected chi connectivity index (χ2v) is 12.6. The number of hydrogen-bond donors (Lipinski definition) is 2. The molecule has 1 aliphatic rings. The van der Waals surface area contributed by atoms with Gasteiger partial charge in [-0.3, -0.25) is 5.32 Å². The highest BCUT2D eigenvalue weighted by Gasteiger charge is 2.39. The van der Waals surface area contributed by atoms with Crippen LogP contribution in [0.5, 0.6) is 0 Å². The van der Waals surface area contributed by atoms with E-state index < -0.39 is 52.0 Å². The van der Waals surface area contributed by atoms with Gasteiger partial charge in [0.2, 0.25) is 0 Å². The smallest absolute Gasteiger partial charge is 0.417 e. The number of fused-ring (bicyclic) bond motifs is 2. The number of hydrogen-bond acceptors (Lipinski definition) is 8. The zero-order valence-electron chi connectivity index (χ0n) is 23.5. The van der Waals surface area contributed by atoms with Gasteiger partial charge in [-0.25, -0.2) is 9.18 Å². The van der Waals surface area contributed by atoms with Gasteiger partial charge in [-0.2, -0.15) is 32.8 Å². The number of nitrogens with one attached hydrogen (secondary N) is 1. The van der Waals surface area contributed by atoms with Gasteiger partial charge in [-0.1, -0.05) is 12.1 Å². The van der Waals surface area contributed by atoms with Gasteiger partial charge in [0.05, 0.1) is 16.7 Å². The Morgan fingerprint density at radius 2 is 1.95 bits per heavy atom. The number of benzene rings is 2. The van der Waals surface area contributed by atoms with Crippen LogP contribution in [0.15, 0.2) is 24.3 Å². The van der Waals surface area contributed by atoms with Crippen molar-refractivity contribution < 1.29 is 36.6 Å². The fourth-order valence-electron chi connectivity index (χ4n) is 5.26. The highest BCUT2D eigenvalue weighted by molar-refractivity contribution is 7.23. The molecule has 14 heteroatoms. The topological polar surface area (TPSA) is 111 Å². The zero-order valence-corrected chi connectivity index (χ0v) is 24.3. The average Bonchev–Trinajstić information content (AvgIpc) is 3.23. The van der Waals surface area contributed by atoms with Gasteiger partial charge in [0, 0.05) is 34.1 Å². The normalized spacial score (nSPS) is 17.7. The lowest BCUT2D eigenvalue weighted by molar-refractivity contribution is -0.137. The maximum atomic E-state index is 16.4. The molecule has 0 aliphatic carbocycles. The van der Waals surface area contributed by atoms with Crippen LogP contribution in [0.25, 0.3) is 32.1 Å². The molecule has 226 valence electrons. The van der Waals surface area contributed by atoms with Gasteiger partial charge in [-0.05, 0) is 58.2 Å². The molecule has 4 aromatic rings. The van der Waals surface area contributed by atoms with E-state index in [1.165, 1.54) is 23.1 Å². The fraction of sp³-hybridized carbons (Fsp3) is 0.379. The number of aliphatic hydroxyl groups is 1. The molecular weight excluding hydrogens is 593 g/mol. The molecule has 2 aromatic carbocycles. The second-order valence-electron chi connectivity index (χ2n) is 11.6. The van der Waals surface area contributed by atoms with Crippen LogP contribution < -0.4 is 10.2 Å². The third-order valence-electron chi connectivity index (χ3n) is 6.87. The molecule has 1 saturated heterocycles. The maximum absolute atomic E-state index is 16.4. The Morgan fingerprint density at radius 1 is 1.23 bits per heavy atom. The van der Waals surface area contributed by atoms with Gasteiger partial charge in [-0.15, -0.1) is 11.3 Å². The summed E-state index contributed by atoms with van der Waals surface area (Å²) in [6, 6.07) is 6.69. The van der Waals surface area contributed by atoms with Gasteiger partial charge < -0.3 is 14.7 Å². The third kappa shape index (κ3) is 5.92. The lowest BCUT2D eigenvalue weighted by Gasteiger charge is -2.38. The Hall–Kier alpha value is -4.09. The molecule has 43 heavy (non-hydrogen) atoms. The number of thiophene rings is 1. The van der Waals surface area contributed by atoms with Crippen molar-refractivity contribution >= 4 is 49.2 Å². The maximum Gasteiger partial charge on any atom is 0.417 e. The van der Waals surface area contributed by atoms with Gasteiger partial charge in [0.1, 0.15) is 28.0 Å². The third-order valence-corrected chi connectivity index (χ3v) is 7.94. The molecule has 5 rings (SSSR count). The summed E-state index contributed by atoms with van der Waals surface area (Å²) in [5.74, 6) is -1.73. The van der Waals surface area contributed by atoms with E-state index in [2.05, 4.69) is 15.3 Å². The SMILES string of the molecule is CC(C)(C)OC(=O)Nc1sc2cccc(-c3c(C(F)(F)F)cc4c(N5CCC[C@@](C)(O)C5)nc(F)nc4c3F)c2c1C#N. The largest absolute Gasteiger partial charge is 0.444 e. The van der Waals surface area contributed by atoms with Crippen LogP contribution in [0.4, 0.5) is 37.6 Å². The summed E-state index contributed by atoms with van der Waals surface area (Å²) < 4.78 is 80.6. The first-order chi connectivity index (χ1) is 20.0. The quantitative estimate of drug-likeness (QED) is 0.182. The Kier molecular flexibility index (Phi) is 7.46. The highest BCUT2D eigenvalue weighted by atomic mass is 32.1. The van der Waals surface area contributed by atoms with Crippen molar-refractivity contribution in [1.82, 2.24) is 9.97 Å². The molecule has 2 N–H and O–H groups in total. The minimum Gasteiger partial charge on any atom is -0.444 e. The van der Waals surface area contributed by atoms with Crippen LogP contribution in [0.3, 0.4) is 0 Å². The number of β-amino-alcohol motifs (C(OH)–C–C–N with tert-alkyl or cyclic N) is 1. The zero-order chi connectivity index (χ0) is 31.5. The predicted octanol–water partition coefficient (Wildman–Crippen LogP) is 7.38. The number of carbonyl (C=O) groups excluding carboxylic acids is 1. The first-order valence-electron chi connectivity index (χ1n) is 13.2. The number of carbonyl (C=O) groups is 1. The summed E-state index contributed by atoms with van der Waals surface area (Å²) in [5, 5.41) is 22.6. The van der Waals surface area contributed by atoms with Crippen LogP contribution in [-0.2, 0) is 10.9 Å². The van der Waals surface area contributed by atoms with Gasteiger partial charge in [0.15, 0.2) is 5.82 Å². The molecule has 1 amide bonds. The van der Waals surface area contributed by atoms with E-state index >= 15 is 4.39 Å². The molecule has 3 heterocycles. The van der Waals surface area contributed by atoms with Crippen LogP contribution in [0.1, 0.15) is 51.7 Å². The summed E-state index contributed by atoms with van der Waals surface area (Å²) in [6.07, 6.45) is -6.47. The number of aromatic nitrogens is 2. The van der Waals surface area contributed by atoms with Gasteiger partial charge >= 0.3 is 18.3 Å². The number of halogens is 5. The number of nitriles is 1. The van der Waals surface area contributed by atoms with Crippen LogP contribution in [-0.4, -0.2) is 45.5 Å². The van der Waals surface area contributed by atoms with Crippen molar-refractivity contribution in [2.24, 2.45) is 0 Å². The van der Waals surface area contributed by atoms with Gasteiger partial charge in [0.25, 0.3) is 0 Å². The first-order valence-corrected chi connectivity index (χ1v) is 14.0. The molecule has 0 radical (unpaired) electrons. The van der Waals surface area contributed by atoms with E-state index in [4.69, 9.17) is 4.74 Å². The Morgan fingerprint density at radius 3 is 2.58 bits per heavy atom. The number of alkyl halides is 3. The van der Waals surface area contributed by atoms with Crippen molar-refractivity contribution in [3.63, 3.8) is 0 Å². The molecule has 1 fully saturated rings. The predicted molar refractivity (Wildman–Crippen MR) is 152 cm³/mol. The average molecular weight is 620 g/mol. The van der Waals surface area contributed by atoms with E-state index in [1.807, 2.05) is 6.07 Å². The van der Waals surface area contributed by atoms with Crippen molar-refractivity contribution in [2.75, 3.05) is 23.3 Å². The van der Waals surface area contributed by atoms with E-state index in [0.29, 0.717) is 18.9 Å². The summed E-state index contributed by atoms with van der Waals surface area (Å²) >= 11 is 0.904. The number of nitrogens with zero attached hydrogens (tertiary/aromatic N) is 4. The van der Waals surface area contributed by atoms with Crippen molar-refractivity contribution in [2.45, 2.75) is 57.9 Å². The lowest BCUT2D eigenvalue weighted by Crippen LogP contribution is -2.46. The lowest BCUT2D eigenvalue weighted by atomic mass is 9.92. The standard InChI is InChI=1S/C29H26F5N5O3S/c1-27(2,3)42-26(40)38-24-16(12-35)19-14(7-5-8-18(19)43-24)20-17(29(32,33)34)11-15-22(21(20)30)36-25(31)37-23(15)39-10-6-9-28(4,41)13-39/h5,7-8,11,41H,6,9-10,13H2,1-4H3,(H,38,40)/t28-/m1/s1. The molecule has 0 unspecified atom stereocenters. The Bertz CT molecular complexity index is 1810. The number of ether oxygens (including phenoxy) is 1. The van der Waals surface area contributed by atoms with Crippen LogP contribution >= 0.6 is 11.3 Å². The van der Waals surface area contributed by atoms with E-state index in [0.717, 1.165) is 11.3 Å². The molecule has 0 saturated carbocycles. The minimum absolute atomic E-state index is 0.00163. The molecule has 1 atom stereocenters. The van der Waals surface area contributed by atoms with Crippen LogP contribution in [0, 0.1) is 23.2 Å². The van der Waals surface area contributed by atoms with Crippen LogP contribution in [0.2, 0.25) is 0 Å². The summed E-state index contributed by atoms with van der Waals surface area (Å²) in [5.41, 5.74) is -5.58. The Balaban J connectivity index is 1.77. The summed E-state index contributed by atoms with van der Waals surface area (Å²) in [4.78, 5) is 21.1. The minimum atomic E-state index is -5.09.